The Labute approximate surface area is 165 Å². The monoisotopic (exact) mass is 403 g/mol. The normalized spacial score (nSPS) is 10.6. The van der Waals surface area contributed by atoms with E-state index in [1.165, 1.54) is 29.2 Å². The molecule has 1 aromatic heterocycles. The third-order valence-corrected chi connectivity index (χ3v) is 5.78. The first-order valence-electron chi connectivity index (χ1n) is 8.26. The van der Waals surface area contributed by atoms with Crippen molar-refractivity contribution in [1.82, 2.24) is 10.2 Å². The molecule has 0 spiro atoms. The zero-order valence-electron chi connectivity index (χ0n) is 14.6. The number of nitrogens with zero attached hydrogens (tertiary/aromatic N) is 2. The second-order valence-electron chi connectivity index (χ2n) is 5.65. The fourth-order valence-electron chi connectivity index (χ4n) is 2.31. The molecule has 140 valence electrons. The number of ether oxygens (including phenoxy) is 1. The van der Waals surface area contributed by atoms with Gasteiger partial charge < -0.3 is 10.1 Å². The van der Waals surface area contributed by atoms with E-state index >= 15 is 0 Å². The van der Waals surface area contributed by atoms with Crippen molar-refractivity contribution in [2.45, 2.75) is 22.9 Å². The van der Waals surface area contributed by atoms with Gasteiger partial charge in [-0.2, -0.15) is 0 Å². The van der Waals surface area contributed by atoms with Gasteiger partial charge in [-0.25, -0.2) is 4.39 Å². The van der Waals surface area contributed by atoms with Gasteiger partial charge >= 0.3 is 0 Å². The third kappa shape index (κ3) is 5.77. The van der Waals surface area contributed by atoms with E-state index in [2.05, 4.69) is 15.5 Å². The molecule has 3 aromatic rings. The van der Waals surface area contributed by atoms with Gasteiger partial charge in [0, 0.05) is 12.2 Å². The van der Waals surface area contributed by atoms with Crippen molar-refractivity contribution >= 4 is 34.1 Å². The number of hydrogen-bond acceptors (Lipinski definition) is 6. The minimum absolute atomic E-state index is 0.118. The molecule has 0 saturated carbocycles. The van der Waals surface area contributed by atoms with Gasteiger partial charge in [0.2, 0.25) is 11.0 Å². The Balaban J connectivity index is 1.46. The third-order valence-electron chi connectivity index (χ3n) is 3.76. The minimum Gasteiger partial charge on any atom is -0.497 e. The number of hydrogen-bond donors (Lipinski definition) is 1. The van der Waals surface area contributed by atoms with Crippen molar-refractivity contribution in [3.05, 3.63) is 65.5 Å². The summed E-state index contributed by atoms with van der Waals surface area (Å²) in [5.74, 6) is 0.902. The molecule has 0 saturated heterocycles. The summed E-state index contributed by atoms with van der Waals surface area (Å²) in [6.07, 6.45) is 0.979. The van der Waals surface area contributed by atoms with Crippen LogP contribution in [-0.2, 0) is 17.0 Å². The van der Waals surface area contributed by atoms with E-state index < -0.39 is 0 Å². The van der Waals surface area contributed by atoms with Gasteiger partial charge in [-0.15, -0.1) is 10.2 Å². The predicted molar refractivity (Wildman–Crippen MR) is 106 cm³/mol. The molecule has 5 nitrogen and oxygen atoms in total. The maximum absolute atomic E-state index is 13.6. The Morgan fingerprint density at radius 2 is 1.96 bits per heavy atom. The number of amides is 1. The molecule has 2 aromatic carbocycles. The van der Waals surface area contributed by atoms with Crippen molar-refractivity contribution < 1.29 is 13.9 Å². The minimum atomic E-state index is -0.235. The summed E-state index contributed by atoms with van der Waals surface area (Å²) in [6, 6.07) is 14.3. The molecule has 8 heteroatoms. The fourth-order valence-corrected chi connectivity index (χ4v) is 4.06. The molecule has 3 rings (SSSR count). The Morgan fingerprint density at radius 3 is 2.70 bits per heavy atom. The van der Waals surface area contributed by atoms with Gasteiger partial charge in [-0.05, 0) is 35.7 Å². The lowest BCUT2D eigenvalue weighted by atomic mass is 10.1. The first-order valence-corrected chi connectivity index (χ1v) is 10.1. The van der Waals surface area contributed by atoms with Gasteiger partial charge in [-0.3, -0.25) is 4.79 Å². The van der Waals surface area contributed by atoms with Gasteiger partial charge in [0.05, 0.1) is 7.11 Å². The molecular weight excluding hydrogens is 385 g/mol. The predicted octanol–water partition coefficient (Wildman–Crippen LogP) is 4.55. The van der Waals surface area contributed by atoms with Crippen LogP contribution in [0.4, 0.5) is 9.52 Å². The average Bonchev–Trinajstić information content (AvgIpc) is 3.13. The van der Waals surface area contributed by atoms with Gasteiger partial charge in [0.1, 0.15) is 11.6 Å². The molecular formula is C19H18FN3O2S2. The molecule has 0 atom stereocenters. The number of rotatable bonds is 8. The number of carbonyl (C=O) groups is 1. The topological polar surface area (TPSA) is 64.1 Å². The molecule has 0 aliphatic heterocycles. The van der Waals surface area contributed by atoms with Crippen molar-refractivity contribution in [3.63, 3.8) is 0 Å². The van der Waals surface area contributed by atoms with Crippen LogP contribution in [-0.4, -0.2) is 23.2 Å². The number of aromatic nitrogens is 2. The first kappa shape index (κ1) is 19.3. The number of thioether (sulfide) groups is 1. The quantitative estimate of drug-likeness (QED) is 0.442. The second kappa shape index (κ2) is 9.48. The standard InChI is InChI=1S/C19H18FN3O2S2/c1-25-15-9-6-13(7-10-15)8-11-17(24)21-18-22-23-19(27-18)26-12-14-4-2-3-5-16(14)20/h2-7,9-10H,8,11-12H2,1H3,(H,21,22,24). The van der Waals surface area contributed by atoms with Crippen molar-refractivity contribution in [1.29, 1.82) is 0 Å². The van der Waals surface area contributed by atoms with E-state index in [0.717, 1.165) is 11.3 Å². The van der Waals surface area contributed by atoms with Crippen LogP contribution in [0.1, 0.15) is 17.5 Å². The van der Waals surface area contributed by atoms with Crippen LogP contribution in [0.2, 0.25) is 0 Å². The van der Waals surface area contributed by atoms with Gasteiger partial charge in [-0.1, -0.05) is 53.4 Å². The van der Waals surface area contributed by atoms with Crippen LogP contribution < -0.4 is 10.1 Å². The lowest BCUT2D eigenvalue weighted by Crippen LogP contribution is -2.12. The molecule has 27 heavy (non-hydrogen) atoms. The SMILES string of the molecule is COc1ccc(CCC(=O)Nc2nnc(SCc3ccccc3F)s2)cc1. The maximum Gasteiger partial charge on any atom is 0.226 e. The van der Waals surface area contributed by atoms with E-state index in [0.29, 0.717) is 33.6 Å². The highest BCUT2D eigenvalue weighted by molar-refractivity contribution is 8.00. The molecule has 0 fully saturated rings. The molecule has 0 aliphatic rings. The van der Waals surface area contributed by atoms with Crippen molar-refractivity contribution in [3.8, 4) is 5.75 Å². The largest absolute Gasteiger partial charge is 0.497 e. The summed E-state index contributed by atoms with van der Waals surface area (Å²) in [6.45, 7) is 0. The zero-order chi connectivity index (χ0) is 19.1. The van der Waals surface area contributed by atoms with Crippen LogP contribution in [0, 0.1) is 5.82 Å². The Kier molecular flexibility index (Phi) is 6.78. The lowest BCUT2D eigenvalue weighted by Gasteiger charge is -2.03. The molecule has 1 amide bonds. The summed E-state index contributed by atoms with van der Waals surface area (Å²) in [7, 11) is 1.62. The summed E-state index contributed by atoms with van der Waals surface area (Å²) in [4.78, 5) is 12.1. The van der Waals surface area contributed by atoms with Crippen LogP contribution >= 0.6 is 23.1 Å². The number of benzene rings is 2. The Hall–Kier alpha value is -2.45. The molecule has 1 N–H and O–H groups in total. The van der Waals surface area contributed by atoms with Crippen molar-refractivity contribution in [2.24, 2.45) is 0 Å². The van der Waals surface area contributed by atoms with Crippen LogP contribution in [0.25, 0.3) is 0 Å². The molecule has 0 unspecified atom stereocenters. The van der Waals surface area contributed by atoms with Crippen molar-refractivity contribution in [2.75, 3.05) is 12.4 Å². The van der Waals surface area contributed by atoms with Gasteiger partial charge in [0.15, 0.2) is 4.34 Å². The Morgan fingerprint density at radius 1 is 1.19 bits per heavy atom. The molecule has 0 aliphatic carbocycles. The van der Waals surface area contributed by atoms with Gasteiger partial charge in [0.25, 0.3) is 0 Å². The Bertz CT molecular complexity index is 900. The van der Waals surface area contributed by atoms with E-state index in [4.69, 9.17) is 4.74 Å². The molecule has 0 radical (unpaired) electrons. The number of nitrogens with one attached hydrogen (secondary N) is 1. The summed E-state index contributed by atoms with van der Waals surface area (Å²) < 4.78 is 19.4. The highest BCUT2D eigenvalue weighted by Crippen LogP contribution is 2.29. The number of methoxy groups -OCH3 is 1. The molecule has 0 bridgehead atoms. The number of anilines is 1. The van der Waals surface area contributed by atoms with E-state index in [9.17, 15) is 9.18 Å². The summed E-state index contributed by atoms with van der Waals surface area (Å²) in [5, 5.41) is 11.2. The lowest BCUT2D eigenvalue weighted by molar-refractivity contribution is -0.116. The first-order chi connectivity index (χ1) is 13.1. The van der Waals surface area contributed by atoms with E-state index in [1.54, 1.807) is 25.3 Å². The summed E-state index contributed by atoms with van der Waals surface area (Å²) >= 11 is 2.67. The second-order valence-corrected chi connectivity index (χ2v) is 7.85. The summed E-state index contributed by atoms with van der Waals surface area (Å²) in [5.41, 5.74) is 1.67. The number of halogens is 1. The average molecular weight is 404 g/mol. The smallest absolute Gasteiger partial charge is 0.226 e. The van der Waals surface area contributed by atoms with Crippen LogP contribution in [0.3, 0.4) is 0 Å². The fraction of sp³-hybridized carbons (Fsp3) is 0.211. The van der Waals surface area contributed by atoms with Crippen LogP contribution in [0.15, 0.2) is 52.9 Å². The number of aryl methyl sites for hydroxylation is 1. The van der Waals surface area contributed by atoms with Crippen LogP contribution in [0.5, 0.6) is 5.75 Å². The number of carbonyl (C=O) groups excluding carboxylic acids is 1. The zero-order valence-corrected chi connectivity index (χ0v) is 16.3. The van der Waals surface area contributed by atoms with E-state index in [-0.39, 0.29) is 11.7 Å². The maximum atomic E-state index is 13.6. The van der Waals surface area contributed by atoms with E-state index in [1.807, 2.05) is 24.3 Å². The highest BCUT2D eigenvalue weighted by Gasteiger charge is 2.10. The highest BCUT2D eigenvalue weighted by atomic mass is 32.2. The molecule has 1 heterocycles.